The lowest BCUT2D eigenvalue weighted by molar-refractivity contribution is 0.896. The van der Waals surface area contributed by atoms with Crippen LogP contribution in [0, 0.1) is 0 Å². The van der Waals surface area contributed by atoms with Crippen molar-refractivity contribution >= 4 is 29.0 Å². The summed E-state index contributed by atoms with van der Waals surface area (Å²) in [7, 11) is 2.00. The van der Waals surface area contributed by atoms with Gasteiger partial charge in [0.25, 0.3) is 0 Å². The van der Waals surface area contributed by atoms with Gasteiger partial charge in [-0.05, 0) is 17.2 Å². The smallest absolute Gasteiger partial charge is 0.128 e. The summed E-state index contributed by atoms with van der Waals surface area (Å²) < 4.78 is 0. The van der Waals surface area contributed by atoms with Crippen LogP contribution in [0.3, 0.4) is 0 Å². The molecule has 0 saturated carbocycles. The fourth-order valence-corrected chi connectivity index (χ4v) is 2.18. The molecule has 0 aliphatic carbocycles. The van der Waals surface area contributed by atoms with Crippen LogP contribution in [0.15, 0.2) is 42.6 Å². The van der Waals surface area contributed by atoms with Gasteiger partial charge in [0.1, 0.15) is 5.82 Å². The van der Waals surface area contributed by atoms with Gasteiger partial charge in [-0.25, -0.2) is 4.98 Å². The molecule has 0 aliphatic heterocycles. The van der Waals surface area contributed by atoms with E-state index in [1.807, 2.05) is 31.3 Å². The predicted octanol–water partition coefficient (Wildman–Crippen LogP) is 4.11. The first kappa shape index (κ1) is 13.2. The van der Waals surface area contributed by atoms with Crippen LogP contribution >= 0.6 is 23.2 Å². The second-order valence-corrected chi connectivity index (χ2v) is 4.78. The third-order valence-corrected chi connectivity index (χ3v) is 3.35. The first-order valence-electron chi connectivity index (χ1n) is 5.66. The number of hydrogen-bond donors (Lipinski definition) is 0. The van der Waals surface area contributed by atoms with Crippen LogP contribution in [-0.2, 0) is 12.4 Å². The molecule has 1 aromatic carbocycles. The van der Waals surface area contributed by atoms with Crippen molar-refractivity contribution in [3.8, 4) is 0 Å². The number of alkyl halides is 1. The lowest BCUT2D eigenvalue weighted by atomic mass is 10.2. The lowest BCUT2D eigenvalue weighted by Gasteiger charge is -2.19. The normalized spacial score (nSPS) is 10.4. The van der Waals surface area contributed by atoms with Crippen LogP contribution in [0.1, 0.15) is 11.1 Å². The summed E-state index contributed by atoms with van der Waals surface area (Å²) in [6.45, 7) is 0.803. The maximum Gasteiger partial charge on any atom is 0.128 e. The first-order chi connectivity index (χ1) is 8.70. The lowest BCUT2D eigenvalue weighted by Crippen LogP contribution is -2.17. The molecule has 2 aromatic rings. The number of pyridine rings is 1. The highest BCUT2D eigenvalue weighted by atomic mass is 35.5. The van der Waals surface area contributed by atoms with Crippen molar-refractivity contribution in [1.82, 2.24) is 4.98 Å². The molecule has 0 spiro atoms. The quantitative estimate of drug-likeness (QED) is 0.784. The van der Waals surface area contributed by atoms with Crippen LogP contribution in [0.4, 0.5) is 5.82 Å². The highest BCUT2D eigenvalue weighted by Crippen LogP contribution is 2.22. The van der Waals surface area contributed by atoms with Crippen LogP contribution in [-0.4, -0.2) is 12.0 Å². The fourth-order valence-electron chi connectivity index (χ4n) is 1.72. The van der Waals surface area contributed by atoms with E-state index in [-0.39, 0.29) is 0 Å². The molecule has 0 atom stereocenters. The molecule has 0 saturated heterocycles. The van der Waals surface area contributed by atoms with Crippen LogP contribution in [0.2, 0.25) is 5.02 Å². The molecule has 4 heteroatoms. The summed E-state index contributed by atoms with van der Waals surface area (Å²) in [5.41, 5.74) is 2.15. The minimum absolute atomic E-state index is 0.396. The molecular weight excluding hydrogens is 267 g/mol. The van der Waals surface area contributed by atoms with Crippen molar-refractivity contribution in [2.45, 2.75) is 12.4 Å². The molecule has 2 rings (SSSR count). The Morgan fingerprint density at radius 2 is 1.94 bits per heavy atom. The summed E-state index contributed by atoms with van der Waals surface area (Å²) >= 11 is 11.8. The van der Waals surface area contributed by atoms with E-state index in [1.165, 1.54) is 5.56 Å². The van der Waals surface area contributed by atoms with E-state index >= 15 is 0 Å². The van der Waals surface area contributed by atoms with Gasteiger partial charge in [0, 0.05) is 25.7 Å². The molecule has 0 unspecified atom stereocenters. The molecule has 1 heterocycles. The van der Waals surface area contributed by atoms with Crippen molar-refractivity contribution in [3.05, 3.63) is 58.7 Å². The zero-order valence-electron chi connectivity index (χ0n) is 10.1. The van der Waals surface area contributed by atoms with Crippen LogP contribution in [0.25, 0.3) is 0 Å². The number of halogens is 2. The van der Waals surface area contributed by atoms with Gasteiger partial charge in [-0.15, -0.1) is 11.6 Å². The number of aromatic nitrogens is 1. The zero-order chi connectivity index (χ0) is 13.0. The average molecular weight is 281 g/mol. The summed E-state index contributed by atoms with van der Waals surface area (Å²) in [5, 5.41) is 0.613. The van der Waals surface area contributed by atoms with Crippen molar-refractivity contribution in [2.75, 3.05) is 11.9 Å². The van der Waals surface area contributed by atoms with Gasteiger partial charge < -0.3 is 4.90 Å². The van der Waals surface area contributed by atoms with Crippen molar-refractivity contribution in [2.24, 2.45) is 0 Å². The second-order valence-electron chi connectivity index (χ2n) is 4.11. The van der Waals surface area contributed by atoms with Crippen molar-refractivity contribution in [3.63, 3.8) is 0 Å². The number of hydrogen-bond acceptors (Lipinski definition) is 2. The molecular formula is C14H14Cl2N2. The molecule has 0 N–H and O–H groups in total. The van der Waals surface area contributed by atoms with Crippen LogP contribution in [0.5, 0.6) is 0 Å². The van der Waals surface area contributed by atoms with Crippen LogP contribution < -0.4 is 4.90 Å². The monoisotopic (exact) mass is 280 g/mol. The standard InChI is InChI=1S/C14H14Cl2N2/c1-18(10-11-5-3-2-4-6-11)14-7-12(8-15)13(16)9-17-14/h2-7,9H,8,10H2,1H3. The average Bonchev–Trinajstić information content (AvgIpc) is 2.40. The maximum atomic E-state index is 6.00. The maximum absolute atomic E-state index is 6.00. The Balaban J connectivity index is 2.16. The van der Waals surface area contributed by atoms with Gasteiger partial charge in [-0.3, -0.25) is 0 Å². The minimum atomic E-state index is 0.396. The number of nitrogens with zero attached hydrogens (tertiary/aromatic N) is 2. The molecule has 0 radical (unpaired) electrons. The molecule has 94 valence electrons. The SMILES string of the molecule is CN(Cc1ccccc1)c1cc(CCl)c(Cl)cn1. The molecule has 0 fully saturated rings. The zero-order valence-corrected chi connectivity index (χ0v) is 11.6. The van der Waals surface area contributed by atoms with Gasteiger partial charge in [0.05, 0.1) is 5.02 Å². The molecule has 0 aliphatic rings. The Morgan fingerprint density at radius 3 is 2.61 bits per heavy atom. The molecule has 0 amide bonds. The summed E-state index contributed by atoms with van der Waals surface area (Å²) in [6, 6.07) is 12.2. The summed E-state index contributed by atoms with van der Waals surface area (Å²) in [4.78, 5) is 6.39. The topological polar surface area (TPSA) is 16.1 Å². The van der Waals surface area contributed by atoms with E-state index in [4.69, 9.17) is 23.2 Å². The Morgan fingerprint density at radius 1 is 1.22 bits per heavy atom. The first-order valence-corrected chi connectivity index (χ1v) is 6.57. The highest BCUT2D eigenvalue weighted by Gasteiger charge is 2.07. The number of anilines is 1. The number of benzene rings is 1. The van der Waals surface area contributed by atoms with E-state index in [2.05, 4.69) is 22.0 Å². The summed E-state index contributed by atoms with van der Waals surface area (Å²) in [5.74, 6) is 1.27. The van der Waals surface area contributed by atoms with Gasteiger partial charge in [0.15, 0.2) is 0 Å². The van der Waals surface area contributed by atoms with Gasteiger partial charge in [-0.2, -0.15) is 0 Å². The van der Waals surface area contributed by atoms with Gasteiger partial charge >= 0.3 is 0 Å². The van der Waals surface area contributed by atoms with E-state index in [9.17, 15) is 0 Å². The Kier molecular flexibility index (Phi) is 4.45. The summed E-state index contributed by atoms with van der Waals surface area (Å²) in [6.07, 6.45) is 1.65. The van der Waals surface area contributed by atoms with Crippen molar-refractivity contribution < 1.29 is 0 Å². The van der Waals surface area contributed by atoms with Gasteiger partial charge in [0.2, 0.25) is 0 Å². The molecule has 1 aromatic heterocycles. The third-order valence-electron chi connectivity index (χ3n) is 2.72. The molecule has 0 bridgehead atoms. The predicted molar refractivity (Wildman–Crippen MR) is 77.4 cm³/mol. The van der Waals surface area contributed by atoms with E-state index in [1.54, 1.807) is 6.20 Å². The molecule has 18 heavy (non-hydrogen) atoms. The highest BCUT2D eigenvalue weighted by molar-refractivity contribution is 6.32. The van der Waals surface area contributed by atoms with Crippen molar-refractivity contribution in [1.29, 1.82) is 0 Å². The fraction of sp³-hybridized carbons (Fsp3) is 0.214. The largest absolute Gasteiger partial charge is 0.355 e. The minimum Gasteiger partial charge on any atom is -0.355 e. The second kappa shape index (κ2) is 6.07. The Bertz CT molecular complexity index is 514. The molecule has 2 nitrogen and oxygen atoms in total. The third kappa shape index (κ3) is 3.15. The van der Waals surface area contributed by atoms with E-state index in [0.717, 1.165) is 17.9 Å². The Labute approximate surface area is 117 Å². The Hall–Kier alpha value is -1.25. The van der Waals surface area contributed by atoms with E-state index < -0.39 is 0 Å². The van der Waals surface area contributed by atoms with E-state index in [0.29, 0.717) is 10.9 Å². The van der Waals surface area contributed by atoms with Gasteiger partial charge in [-0.1, -0.05) is 41.9 Å². The number of rotatable bonds is 4.